The second kappa shape index (κ2) is 7.40. The lowest BCUT2D eigenvalue weighted by Crippen LogP contribution is -2.48. The summed E-state index contributed by atoms with van der Waals surface area (Å²) in [6, 6.07) is 9.48. The minimum Gasteiger partial charge on any atom is -0.491 e. The Hall–Kier alpha value is -1.06. The lowest BCUT2D eigenvalue weighted by Gasteiger charge is -2.57. The zero-order chi connectivity index (χ0) is 18.3. The first-order valence-corrected chi connectivity index (χ1v) is 11.3. The Bertz CT molecular complexity index is 599. The molecule has 3 nitrogen and oxygen atoms in total. The first-order valence-electron chi connectivity index (χ1n) is 11.3. The fraction of sp³-hybridized carbons (Fsp3) is 0.750. The number of hydrogen-bond acceptors (Lipinski definition) is 3. The van der Waals surface area contributed by atoms with Crippen LogP contribution in [0.4, 0.5) is 0 Å². The molecule has 0 aromatic heterocycles. The van der Waals surface area contributed by atoms with Crippen molar-refractivity contribution in [1.29, 1.82) is 0 Å². The third kappa shape index (κ3) is 3.78. The summed E-state index contributed by atoms with van der Waals surface area (Å²) in [6.07, 6.45) is 13.4. The number of aliphatic hydroxyl groups is 1. The number of benzene rings is 1. The standard InChI is InChI=1S/C24H35NO2/c26-22(15-25-21-3-1-2-4-21)16-27-23-7-5-20(6-8-23)24-12-17-9-18(13-24)11-19(10-17)14-24/h5-8,17-19,21-22,25-26H,1-4,9-16H2/t17?,18?,19?,22-,24?/m1/s1. The zero-order valence-electron chi connectivity index (χ0n) is 16.5. The normalized spacial score (nSPS) is 36.3. The fourth-order valence-electron chi connectivity index (χ4n) is 7.05. The summed E-state index contributed by atoms with van der Waals surface area (Å²) < 4.78 is 5.87. The predicted octanol–water partition coefficient (Wildman–Crippen LogP) is 4.43. The highest BCUT2D eigenvalue weighted by Gasteiger charge is 2.51. The molecule has 27 heavy (non-hydrogen) atoms. The highest BCUT2D eigenvalue weighted by atomic mass is 16.5. The molecule has 3 heteroatoms. The van der Waals surface area contributed by atoms with E-state index in [1.165, 1.54) is 69.8 Å². The average molecular weight is 370 g/mol. The summed E-state index contributed by atoms with van der Waals surface area (Å²) in [6.45, 7) is 1.01. The fourth-order valence-corrected chi connectivity index (χ4v) is 7.05. The quantitative estimate of drug-likeness (QED) is 0.747. The maximum absolute atomic E-state index is 10.2. The van der Waals surface area contributed by atoms with Gasteiger partial charge in [-0.2, -0.15) is 0 Å². The van der Waals surface area contributed by atoms with E-state index in [0.29, 0.717) is 24.6 Å². The molecule has 0 heterocycles. The van der Waals surface area contributed by atoms with E-state index in [1.807, 2.05) is 0 Å². The molecule has 1 atom stereocenters. The van der Waals surface area contributed by atoms with E-state index in [4.69, 9.17) is 4.74 Å². The van der Waals surface area contributed by atoms with Crippen molar-refractivity contribution in [1.82, 2.24) is 5.32 Å². The smallest absolute Gasteiger partial charge is 0.119 e. The van der Waals surface area contributed by atoms with E-state index in [9.17, 15) is 5.11 Å². The van der Waals surface area contributed by atoms with Gasteiger partial charge in [-0.25, -0.2) is 0 Å². The molecule has 0 saturated heterocycles. The van der Waals surface area contributed by atoms with Crippen molar-refractivity contribution in [2.45, 2.75) is 81.8 Å². The summed E-state index contributed by atoms with van der Waals surface area (Å²) in [5.74, 6) is 3.84. The Balaban J connectivity index is 1.15. The molecule has 4 bridgehead atoms. The summed E-state index contributed by atoms with van der Waals surface area (Å²) in [7, 11) is 0. The van der Waals surface area contributed by atoms with Crippen LogP contribution in [0.25, 0.3) is 0 Å². The number of ether oxygens (including phenoxy) is 1. The van der Waals surface area contributed by atoms with Crippen LogP contribution in [0, 0.1) is 17.8 Å². The van der Waals surface area contributed by atoms with Crippen molar-refractivity contribution < 1.29 is 9.84 Å². The summed E-state index contributed by atoms with van der Waals surface area (Å²) in [4.78, 5) is 0. The second-order valence-corrected chi connectivity index (χ2v) is 10.1. The molecule has 2 N–H and O–H groups in total. The van der Waals surface area contributed by atoms with Crippen molar-refractivity contribution in [2.24, 2.45) is 17.8 Å². The molecule has 5 saturated carbocycles. The maximum atomic E-state index is 10.2. The van der Waals surface area contributed by atoms with E-state index in [1.54, 1.807) is 0 Å². The number of hydrogen-bond donors (Lipinski definition) is 2. The SMILES string of the molecule is O[C@H](CNC1CCCC1)COc1ccc(C23CC4CC(CC(C4)C2)C3)cc1. The Labute approximate surface area is 163 Å². The number of nitrogens with one attached hydrogen (secondary N) is 1. The molecular formula is C24H35NO2. The summed E-state index contributed by atoms with van der Waals surface area (Å²) >= 11 is 0. The molecule has 1 aromatic carbocycles. The summed E-state index contributed by atoms with van der Waals surface area (Å²) in [5.41, 5.74) is 2.00. The molecule has 1 aromatic rings. The molecule has 0 radical (unpaired) electrons. The van der Waals surface area contributed by atoms with Crippen LogP contribution in [0.15, 0.2) is 24.3 Å². The van der Waals surface area contributed by atoms with Crippen LogP contribution in [0.1, 0.15) is 69.8 Å². The van der Waals surface area contributed by atoms with Crippen LogP contribution in [0.5, 0.6) is 5.75 Å². The highest BCUT2D eigenvalue weighted by molar-refractivity contribution is 5.34. The van der Waals surface area contributed by atoms with E-state index >= 15 is 0 Å². The van der Waals surface area contributed by atoms with Gasteiger partial charge in [-0.15, -0.1) is 0 Å². The van der Waals surface area contributed by atoms with Crippen molar-refractivity contribution in [3.05, 3.63) is 29.8 Å². The van der Waals surface area contributed by atoms with Crippen molar-refractivity contribution >= 4 is 0 Å². The molecular weight excluding hydrogens is 334 g/mol. The van der Waals surface area contributed by atoms with Gasteiger partial charge in [0.25, 0.3) is 0 Å². The van der Waals surface area contributed by atoms with E-state index in [2.05, 4.69) is 29.6 Å². The zero-order valence-corrected chi connectivity index (χ0v) is 16.5. The number of rotatable bonds is 7. The largest absolute Gasteiger partial charge is 0.491 e. The minimum atomic E-state index is -0.437. The van der Waals surface area contributed by atoms with Crippen LogP contribution in [0.3, 0.4) is 0 Å². The van der Waals surface area contributed by atoms with Crippen LogP contribution in [0.2, 0.25) is 0 Å². The van der Waals surface area contributed by atoms with Crippen molar-refractivity contribution in [3.63, 3.8) is 0 Å². The van der Waals surface area contributed by atoms with Crippen LogP contribution >= 0.6 is 0 Å². The molecule has 0 spiro atoms. The molecule has 5 fully saturated rings. The van der Waals surface area contributed by atoms with Gasteiger partial charge >= 0.3 is 0 Å². The topological polar surface area (TPSA) is 41.5 Å². The Kier molecular flexibility index (Phi) is 4.94. The van der Waals surface area contributed by atoms with Gasteiger partial charge in [0, 0.05) is 12.6 Å². The monoisotopic (exact) mass is 369 g/mol. The van der Waals surface area contributed by atoms with Gasteiger partial charge < -0.3 is 15.2 Å². The minimum absolute atomic E-state index is 0.371. The van der Waals surface area contributed by atoms with E-state index < -0.39 is 6.10 Å². The van der Waals surface area contributed by atoms with E-state index in [-0.39, 0.29) is 0 Å². The van der Waals surface area contributed by atoms with Crippen molar-refractivity contribution in [2.75, 3.05) is 13.2 Å². The lowest BCUT2D eigenvalue weighted by atomic mass is 9.48. The maximum Gasteiger partial charge on any atom is 0.119 e. The lowest BCUT2D eigenvalue weighted by molar-refractivity contribution is -0.00521. The van der Waals surface area contributed by atoms with Gasteiger partial charge in [0.15, 0.2) is 0 Å². The van der Waals surface area contributed by atoms with Gasteiger partial charge in [-0.05, 0) is 92.2 Å². The Morgan fingerprint density at radius 2 is 1.56 bits per heavy atom. The molecule has 148 valence electrons. The molecule has 5 aliphatic rings. The Morgan fingerprint density at radius 3 is 2.15 bits per heavy atom. The predicted molar refractivity (Wildman–Crippen MR) is 108 cm³/mol. The molecule has 5 aliphatic carbocycles. The molecule has 0 aliphatic heterocycles. The van der Waals surface area contributed by atoms with Gasteiger partial charge in [0.2, 0.25) is 0 Å². The molecule has 6 rings (SSSR count). The third-order valence-corrected chi connectivity index (χ3v) is 7.94. The van der Waals surface area contributed by atoms with Crippen LogP contribution in [-0.4, -0.2) is 30.4 Å². The summed E-state index contributed by atoms with van der Waals surface area (Å²) in [5, 5.41) is 13.7. The van der Waals surface area contributed by atoms with Gasteiger partial charge in [0.1, 0.15) is 18.5 Å². The van der Waals surface area contributed by atoms with Crippen molar-refractivity contribution in [3.8, 4) is 5.75 Å². The average Bonchev–Trinajstić information content (AvgIpc) is 3.18. The van der Waals surface area contributed by atoms with Gasteiger partial charge in [-0.1, -0.05) is 25.0 Å². The van der Waals surface area contributed by atoms with E-state index in [0.717, 1.165) is 23.5 Å². The second-order valence-electron chi connectivity index (χ2n) is 10.1. The first-order chi connectivity index (χ1) is 13.2. The molecule has 0 unspecified atom stereocenters. The molecule has 0 amide bonds. The Morgan fingerprint density at radius 1 is 0.963 bits per heavy atom. The van der Waals surface area contributed by atoms with Gasteiger partial charge in [-0.3, -0.25) is 0 Å². The number of aliphatic hydroxyl groups excluding tert-OH is 1. The first kappa shape index (κ1) is 18.0. The van der Waals surface area contributed by atoms with Crippen LogP contribution in [-0.2, 0) is 5.41 Å². The van der Waals surface area contributed by atoms with Gasteiger partial charge in [0.05, 0.1) is 0 Å². The highest BCUT2D eigenvalue weighted by Crippen LogP contribution is 2.60. The van der Waals surface area contributed by atoms with Crippen LogP contribution < -0.4 is 10.1 Å². The third-order valence-electron chi connectivity index (χ3n) is 7.94.